The molecule has 1 unspecified atom stereocenters. The maximum atomic E-state index is 10.7. The molecule has 124 valence electrons. The molecule has 0 aromatic carbocycles. The molecule has 3 heterocycles. The van der Waals surface area contributed by atoms with E-state index >= 15 is 0 Å². The summed E-state index contributed by atoms with van der Waals surface area (Å²) in [4.78, 5) is 11.0. The Morgan fingerprint density at radius 2 is 2.17 bits per heavy atom. The summed E-state index contributed by atoms with van der Waals surface area (Å²) in [6.45, 7) is 6.11. The molecule has 0 radical (unpaired) electrons. The van der Waals surface area contributed by atoms with Crippen LogP contribution in [0.1, 0.15) is 6.92 Å². The first-order valence-corrected chi connectivity index (χ1v) is 8.49. The van der Waals surface area contributed by atoms with Crippen LogP contribution >= 0.6 is 15.9 Å². The van der Waals surface area contributed by atoms with Gasteiger partial charge in [0.25, 0.3) is 0 Å². The number of nitrogens with one attached hydrogen (secondary N) is 1. The highest BCUT2D eigenvalue weighted by atomic mass is 79.9. The molecule has 0 amide bonds. The van der Waals surface area contributed by atoms with E-state index in [1.165, 1.54) is 0 Å². The van der Waals surface area contributed by atoms with E-state index < -0.39 is 5.60 Å². The summed E-state index contributed by atoms with van der Waals surface area (Å²) in [5.74, 6) is 0. The van der Waals surface area contributed by atoms with Crippen LogP contribution in [-0.2, 0) is 4.74 Å². The summed E-state index contributed by atoms with van der Waals surface area (Å²) in [6, 6.07) is 3.81. The lowest BCUT2D eigenvalue weighted by Gasteiger charge is -2.34. The summed E-state index contributed by atoms with van der Waals surface area (Å²) in [5.41, 5.74) is 1.67. The van der Waals surface area contributed by atoms with E-state index in [0.717, 1.165) is 47.5 Å². The van der Waals surface area contributed by atoms with Crippen LogP contribution in [-0.4, -0.2) is 65.0 Å². The van der Waals surface area contributed by atoms with E-state index in [1.807, 2.05) is 19.1 Å². The van der Waals surface area contributed by atoms with Gasteiger partial charge < -0.3 is 15.2 Å². The largest absolute Gasteiger partial charge is 0.387 e. The van der Waals surface area contributed by atoms with Gasteiger partial charge in [0.05, 0.1) is 30.0 Å². The quantitative estimate of drug-likeness (QED) is 0.825. The van der Waals surface area contributed by atoms with Crippen LogP contribution in [0.5, 0.6) is 0 Å². The van der Waals surface area contributed by atoms with E-state index in [1.54, 1.807) is 12.4 Å². The van der Waals surface area contributed by atoms with Gasteiger partial charge in [-0.3, -0.25) is 14.9 Å². The minimum Gasteiger partial charge on any atom is -0.387 e. The third-order valence-corrected chi connectivity index (χ3v) is 4.31. The van der Waals surface area contributed by atoms with Crippen molar-refractivity contribution in [2.24, 2.45) is 0 Å². The average Bonchev–Trinajstić information content (AvgIpc) is 2.53. The zero-order valence-electron chi connectivity index (χ0n) is 13.1. The second kappa shape index (κ2) is 7.09. The molecule has 1 aliphatic rings. The molecule has 2 aromatic heterocycles. The molecule has 3 rings (SSSR count). The molecule has 0 saturated carbocycles. The van der Waals surface area contributed by atoms with Gasteiger partial charge in [0, 0.05) is 43.0 Å². The van der Waals surface area contributed by atoms with Crippen molar-refractivity contribution in [2.45, 2.75) is 12.5 Å². The molecule has 0 spiro atoms. The number of pyridine rings is 2. The smallest absolute Gasteiger partial charge is 0.112 e. The molecule has 0 aliphatic carbocycles. The molecule has 2 aromatic rings. The first-order valence-electron chi connectivity index (χ1n) is 7.70. The standard InChI is InChI=1S/C16H21BrN4O2/c1-16(22,11-21-4-6-23-7-5-21)10-20-13-2-3-18-14-8-12(17)9-19-15(13)14/h2-3,8-9,22H,4-7,10-11H2,1H3,(H,18,20). The summed E-state index contributed by atoms with van der Waals surface area (Å²) in [5, 5.41) is 14.0. The monoisotopic (exact) mass is 380 g/mol. The van der Waals surface area contributed by atoms with Gasteiger partial charge in [-0.2, -0.15) is 0 Å². The minimum atomic E-state index is -0.831. The molecule has 23 heavy (non-hydrogen) atoms. The Morgan fingerprint density at radius 3 is 2.96 bits per heavy atom. The lowest BCUT2D eigenvalue weighted by molar-refractivity contribution is -0.0163. The Morgan fingerprint density at radius 1 is 1.39 bits per heavy atom. The van der Waals surface area contributed by atoms with Crippen molar-refractivity contribution in [2.75, 3.05) is 44.7 Å². The van der Waals surface area contributed by atoms with Crippen molar-refractivity contribution in [1.29, 1.82) is 0 Å². The van der Waals surface area contributed by atoms with Gasteiger partial charge in [0.1, 0.15) is 5.52 Å². The zero-order valence-corrected chi connectivity index (χ0v) is 14.7. The number of fused-ring (bicyclic) bond motifs is 1. The van der Waals surface area contributed by atoms with Gasteiger partial charge in [-0.1, -0.05) is 0 Å². The topological polar surface area (TPSA) is 70.5 Å². The predicted octanol–water partition coefficient (Wildman–Crippen LogP) is 1.89. The van der Waals surface area contributed by atoms with Crippen LogP contribution < -0.4 is 5.32 Å². The Hall–Kier alpha value is -1.28. The van der Waals surface area contributed by atoms with Crippen molar-refractivity contribution in [3.63, 3.8) is 0 Å². The highest BCUT2D eigenvalue weighted by Gasteiger charge is 2.25. The SMILES string of the molecule is CC(O)(CNc1ccnc2cc(Br)cnc12)CN1CCOCC1. The third kappa shape index (κ3) is 4.38. The van der Waals surface area contributed by atoms with E-state index in [9.17, 15) is 5.11 Å². The number of β-amino-alcohol motifs (C(OH)–C–C–N with tert-alkyl or cyclic N) is 1. The van der Waals surface area contributed by atoms with Gasteiger partial charge >= 0.3 is 0 Å². The fourth-order valence-electron chi connectivity index (χ4n) is 2.73. The Kier molecular flexibility index (Phi) is 5.11. The van der Waals surface area contributed by atoms with E-state index in [4.69, 9.17) is 4.74 Å². The average molecular weight is 381 g/mol. The molecule has 6 nitrogen and oxygen atoms in total. The van der Waals surface area contributed by atoms with E-state index in [0.29, 0.717) is 13.1 Å². The minimum absolute atomic E-state index is 0.446. The summed E-state index contributed by atoms with van der Waals surface area (Å²) in [7, 11) is 0. The summed E-state index contributed by atoms with van der Waals surface area (Å²) >= 11 is 3.40. The molecular weight excluding hydrogens is 360 g/mol. The molecular formula is C16H21BrN4O2. The van der Waals surface area contributed by atoms with Gasteiger partial charge in [0.2, 0.25) is 0 Å². The van der Waals surface area contributed by atoms with Gasteiger partial charge in [0.15, 0.2) is 0 Å². The number of morpholine rings is 1. The molecule has 1 aliphatic heterocycles. The molecule has 7 heteroatoms. The molecule has 0 bridgehead atoms. The third-order valence-electron chi connectivity index (χ3n) is 3.87. The second-order valence-electron chi connectivity index (χ2n) is 6.12. The first-order chi connectivity index (χ1) is 11.0. The van der Waals surface area contributed by atoms with Gasteiger partial charge in [-0.25, -0.2) is 0 Å². The fraction of sp³-hybridized carbons (Fsp3) is 0.500. The lowest BCUT2D eigenvalue weighted by atomic mass is 10.1. The first kappa shape index (κ1) is 16.6. The van der Waals surface area contributed by atoms with Crippen molar-refractivity contribution in [3.05, 3.63) is 29.0 Å². The van der Waals surface area contributed by atoms with Gasteiger partial charge in [-0.15, -0.1) is 0 Å². The Labute approximate surface area is 144 Å². The van der Waals surface area contributed by atoms with Gasteiger partial charge in [-0.05, 0) is 35.0 Å². The highest BCUT2D eigenvalue weighted by Crippen LogP contribution is 2.22. The highest BCUT2D eigenvalue weighted by molar-refractivity contribution is 9.10. The molecule has 1 atom stereocenters. The number of nitrogens with zero attached hydrogens (tertiary/aromatic N) is 3. The number of hydrogen-bond acceptors (Lipinski definition) is 6. The molecule has 1 fully saturated rings. The maximum absolute atomic E-state index is 10.7. The fourth-order valence-corrected chi connectivity index (χ4v) is 3.05. The normalized spacial score (nSPS) is 18.7. The molecule has 2 N–H and O–H groups in total. The number of rotatable bonds is 5. The lowest BCUT2D eigenvalue weighted by Crippen LogP contribution is -2.49. The number of halogens is 1. The number of aliphatic hydroxyl groups is 1. The maximum Gasteiger partial charge on any atom is 0.112 e. The number of hydrogen-bond donors (Lipinski definition) is 2. The second-order valence-corrected chi connectivity index (χ2v) is 7.03. The zero-order chi connectivity index (χ0) is 16.3. The van der Waals surface area contributed by atoms with Crippen molar-refractivity contribution in [1.82, 2.24) is 14.9 Å². The van der Waals surface area contributed by atoms with Crippen LogP contribution in [0.3, 0.4) is 0 Å². The summed E-state index contributed by atoms with van der Waals surface area (Å²) in [6.07, 6.45) is 3.50. The van der Waals surface area contributed by atoms with Crippen molar-refractivity contribution >= 4 is 32.7 Å². The van der Waals surface area contributed by atoms with Crippen LogP contribution in [0.15, 0.2) is 29.0 Å². The van der Waals surface area contributed by atoms with Crippen LogP contribution in [0.4, 0.5) is 5.69 Å². The summed E-state index contributed by atoms with van der Waals surface area (Å²) < 4.78 is 6.24. The molecule has 1 saturated heterocycles. The Bertz CT molecular complexity index is 674. The van der Waals surface area contributed by atoms with Crippen LogP contribution in [0, 0.1) is 0 Å². The predicted molar refractivity (Wildman–Crippen MR) is 93.6 cm³/mol. The number of aromatic nitrogens is 2. The van der Waals surface area contributed by atoms with E-state index in [-0.39, 0.29) is 0 Å². The van der Waals surface area contributed by atoms with Crippen molar-refractivity contribution < 1.29 is 9.84 Å². The van der Waals surface area contributed by atoms with Crippen LogP contribution in [0.25, 0.3) is 11.0 Å². The Balaban J connectivity index is 1.67. The number of anilines is 1. The number of ether oxygens (including phenoxy) is 1. The van der Waals surface area contributed by atoms with Crippen LogP contribution in [0.2, 0.25) is 0 Å². The van der Waals surface area contributed by atoms with Crippen molar-refractivity contribution in [3.8, 4) is 0 Å². The van der Waals surface area contributed by atoms with E-state index in [2.05, 4.69) is 36.1 Å².